The van der Waals surface area contributed by atoms with E-state index in [0.717, 1.165) is 19.6 Å². The summed E-state index contributed by atoms with van der Waals surface area (Å²) in [6, 6.07) is 10.2. The van der Waals surface area contributed by atoms with Crippen LogP contribution in [-0.2, 0) is 20.3 Å². The van der Waals surface area contributed by atoms with E-state index in [1.165, 1.54) is 5.56 Å². The fraction of sp³-hybridized carbons (Fsp3) is 0.684. The number of benzene rings is 1. The maximum Gasteiger partial charge on any atom is 0.0785 e. The van der Waals surface area contributed by atoms with Gasteiger partial charge in [-0.05, 0) is 31.4 Å². The van der Waals surface area contributed by atoms with Crippen LogP contribution < -0.4 is 0 Å². The van der Waals surface area contributed by atoms with Crippen molar-refractivity contribution < 1.29 is 13.7 Å². The summed E-state index contributed by atoms with van der Waals surface area (Å²) >= 11 is 0. The molecule has 1 rings (SSSR count). The average molecular weight is 343 g/mol. The summed E-state index contributed by atoms with van der Waals surface area (Å²) in [5, 5.41) is 0. The Morgan fingerprint density at radius 2 is 1.70 bits per heavy atom. The molecule has 0 bridgehead atoms. The Labute approximate surface area is 144 Å². The van der Waals surface area contributed by atoms with Crippen molar-refractivity contribution in [1.29, 1.82) is 0 Å². The molecule has 0 N–H and O–H groups in total. The summed E-state index contributed by atoms with van der Waals surface area (Å²) in [6.45, 7) is 11.5. The zero-order chi connectivity index (χ0) is 17.3. The summed E-state index contributed by atoms with van der Waals surface area (Å²) in [7, 11) is -1.02. The second-order valence-electron chi connectivity index (χ2n) is 7.20. The van der Waals surface area contributed by atoms with Gasteiger partial charge < -0.3 is 13.7 Å². The van der Waals surface area contributed by atoms with E-state index < -0.39 is 10.3 Å². The van der Waals surface area contributed by atoms with Crippen molar-refractivity contribution in [3.05, 3.63) is 35.9 Å². The van der Waals surface area contributed by atoms with Gasteiger partial charge in [-0.3, -0.25) is 0 Å². The molecule has 0 unspecified atom stereocenters. The van der Waals surface area contributed by atoms with Crippen molar-refractivity contribution in [3.63, 3.8) is 0 Å². The molecule has 23 heavy (non-hydrogen) atoms. The monoisotopic (exact) mass is 342 g/mol. The van der Waals surface area contributed by atoms with Gasteiger partial charge in [0.15, 0.2) is 0 Å². The maximum absolute atomic E-state index is 6.08. The van der Waals surface area contributed by atoms with Gasteiger partial charge >= 0.3 is 0 Å². The molecule has 0 aromatic heterocycles. The van der Waals surface area contributed by atoms with Crippen LogP contribution in [0.25, 0.3) is 0 Å². The lowest BCUT2D eigenvalue weighted by Gasteiger charge is -2.43. The van der Waals surface area contributed by atoms with Crippen LogP contribution >= 0.6 is 10.3 Å². The molecule has 0 fully saturated rings. The first-order chi connectivity index (χ1) is 10.7. The third kappa shape index (κ3) is 8.20. The third-order valence-electron chi connectivity index (χ3n) is 4.02. The standard InChI is InChI=1S/C19H34O3S/c1-17(21-16-18-11-8-7-9-12-18)15-20-13-10-14-22-23(5,6)19(2,3)4/h7-9,11-12,17H,10,13-16H2,1-6H3/t17-/m1/s1. The fourth-order valence-corrected chi connectivity index (χ4v) is 2.60. The zero-order valence-corrected chi connectivity index (χ0v) is 16.4. The predicted octanol–water partition coefficient (Wildman–Crippen LogP) is 4.79. The lowest BCUT2D eigenvalue weighted by molar-refractivity contribution is -0.0165. The van der Waals surface area contributed by atoms with Crippen molar-refractivity contribution in [3.8, 4) is 0 Å². The Morgan fingerprint density at radius 3 is 2.30 bits per heavy atom. The first kappa shape index (κ1) is 20.5. The SMILES string of the molecule is C[C@H](COCCCOS(C)(C)C(C)(C)C)OCc1ccccc1. The Bertz CT molecular complexity index is 426. The minimum atomic E-state index is -1.02. The lowest BCUT2D eigenvalue weighted by Crippen LogP contribution is -2.25. The van der Waals surface area contributed by atoms with Crippen molar-refractivity contribution in [2.45, 2.75) is 51.6 Å². The molecule has 3 nitrogen and oxygen atoms in total. The second kappa shape index (κ2) is 9.67. The molecule has 1 atom stereocenters. The average Bonchev–Trinajstić information content (AvgIpc) is 2.48. The highest BCUT2D eigenvalue weighted by Gasteiger charge is 2.28. The molecule has 0 amide bonds. The third-order valence-corrected chi connectivity index (χ3v) is 7.72. The van der Waals surface area contributed by atoms with E-state index in [-0.39, 0.29) is 10.9 Å². The van der Waals surface area contributed by atoms with Crippen molar-refractivity contribution in [2.75, 3.05) is 32.3 Å². The Hall–Kier alpha value is -0.550. The molecule has 0 spiro atoms. The smallest absolute Gasteiger partial charge is 0.0785 e. The van der Waals surface area contributed by atoms with Crippen molar-refractivity contribution >= 4 is 10.3 Å². The summed E-state index contributed by atoms with van der Waals surface area (Å²) in [5.74, 6) is 0. The van der Waals surface area contributed by atoms with Crippen LogP contribution in [0.1, 0.15) is 39.7 Å². The quantitative estimate of drug-likeness (QED) is 0.572. The molecule has 4 heteroatoms. The van der Waals surface area contributed by atoms with Gasteiger partial charge in [0.2, 0.25) is 0 Å². The molecule has 0 aliphatic heterocycles. The molecule has 1 aromatic carbocycles. The maximum atomic E-state index is 6.08. The summed E-state index contributed by atoms with van der Waals surface area (Å²) in [6.07, 6.45) is 5.49. The number of hydrogen-bond donors (Lipinski definition) is 0. The Morgan fingerprint density at radius 1 is 1.04 bits per heavy atom. The van der Waals surface area contributed by atoms with Crippen LogP contribution in [0.3, 0.4) is 0 Å². The molecule has 134 valence electrons. The molecule has 0 radical (unpaired) electrons. The van der Waals surface area contributed by atoms with E-state index in [1.807, 2.05) is 25.1 Å². The number of rotatable bonds is 10. The van der Waals surface area contributed by atoms with Crippen molar-refractivity contribution in [1.82, 2.24) is 0 Å². The molecule has 0 saturated heterocycles. The molecule has 0 saturated carbocycles. The molecule has 0 aliphatic carbocycles. The fourth-order valence-electron chi connectivity index (χ4n) is 1.72. The van der Waals surface area contributed by atoms with E-state index >= 15 is 0 Å². The number of hydrogen-bond acceptors (Lipinski definition) is 3. The van der Waals surface area contributed by atoms with Gasteiger partial charge in [-0.25, -0.2) is 0 Å². The highest BCUT2D eigenvalue weighted by Crippen LogP contribution is 2.53. The van der Waals surface area contributed by atoms with E-state index in [4.69, 9.17) is 13.7 Å². The largest absolute Gasteiger partial charge is 0.379 e. The van der Waals surface area contributed by atoms with E-state index in [2.05, 4.69) is 45.4 Å². The highest BCUT2D eigenvalue weighted by atomic mass is 32.3. The van der Waals surface area contributed by atoms with Gasteiger partial charge in [0, 0.05) is 11.4 Å². The first-order valence-corrected chi connectivity index (χ1v) is 10.7. The molecular weight excluding hydrogens is 308 g/mol. The highest BCUT2D eigenvalue weighted by molar-refractivity contribution is 8.29. The Kier molecular flexibility index (Phi) is 8.62. The topological polar surface area (TPSA) is 27.7 Å². The van der Waals surface area contributed by atoms with Gasteiger partial charge in [-0.15, -0.1) is 10.3 Å². The summed E-state index contributed by atoms with van der Waals surface area (Å²) in [5.41, 5.74) is 1.19. The van der Waals surface area contributed by atoms with Crippen LogP contribution in [0, 0.1) is 0 Å². The van der Waals surface area contributed by atoms with Crippen molar-refractivity contribution in [2.24, 2.45) is 0 Å². The first-order valence-electron chi connectivity index (χ1n) is 8.33. The normalized spacial score (nSPS) is 14.7. The van der Waals surface area contributed by atoms with Gasteiger partial charge in [-0.1, -0.05) is 51.1 Å². The van der Waals surface area contributed by atoms with E-state index in [0.29, 0.717) is 13.2 Å². The summed E-state index contributed by atoms with van der Waals surface area (Å²) < 4.78 is 17.8. The second-order valence-corrected chi connectivity index (χ2v) is 11.1. The van der Waals surface area contributed by atoms with Crippen LogP contribution in [0.15, 0.2) is 30.3 Å². The minimum absolute atomic E-state index is 0.104. The van der Waals surface area contributed by atoms with Crippen LogP contribution in [-0.4, -0.2) is 43.2 Å². The van der Waals surface area contributed by atoms with E-state index in [1.54, 1.807) is 0 Å². The number of ether oxygens (including phenoxy) is 2. The van der Waals surface area contributed by atoms with Gasteiger partial charge in [0.25, 0.3) is 0 Å². The van der Waals surface area contributed by atoms with Crippen LogP contribution in [0.4, 0.5) is 0 Å². The summed E-state index contributed by atoms with van der Waals surface area (Å²) in [4.78, 5) is 0. The van der Waals surface area contributed by atoms with Crippen LogP contribution in [0.2, 0.25) is 0 Å². The van der Waals surface area contributed by atoms with Crippen LogP contribution in [0.5, 0.6) is 0 Å². The van der Waals surface area contributed by atoms with E-state index in [9.17, 15) is 0 Å². The predicted molar refractivity (Wildman–Crippen MR) is 101 cm³/mol. The van der Waals surface area contributed by atoms with Gasteiger partial charge in [0.05, 0.1) is 25.9 Å². The molecule has 1 aromatic rings. The minimum Gasteiger partial charge on any atom is -0.379 e. The van der Waals surface area contributed by atoms with Gasteiger partial charge in [-0.2, -0.15) is 0 Å². The molecule has 0 heterocycles. The molecular formula is C19H34O3S. The lowest BCUT2D eigenvalue weighted by atomic mass is 10.2. The molecule has 0 aliphatic rings. The Balaban J connectivity index is 2.06. The zero-order valence-electron chi connectivity index (χ0n) is 15.6. The van der Waals surface area contributed by atoms with Gasteiger partial charge in [0.1, 0.15) is 0 Å².